The van der Waals surface area contributed by atoms with Crippen LogP contribution in [0.15, 0.2) is 48.5 Å². The van der Waals surface area contributed by atoms with Crippen molar-refractivity contribution in [2.45, 2.75) is 6.92 Å². The molecule has 156 valence electrons. The highest BCUT2D eigenvalue weighted by Crippen LogP contribution is 2.19. The fourth-order valence-electron chi connectivity index (χ4n) is 3.13. The van der Waals surface area contributed by atoms with Crippen molar-refractivity contribution in [1.82, 2.24) is 10.2 Å². The molecule has 0 radical (unpaired) electrons. The van der Waals surface area contributed by atoms with E-state index in [1.54, 1.807) is 0 Å². The van der Waals surface area contributed by atoms with Crippen molar-refractivity contribution in [3.63, 3.8) is 0 Å². The molecule has 0 saturated carbocycles. The van der Waals surface area contributed by atoms with Crippen molar-refractivity contribution in [3.05, 3.63) is 48.5 Å². The number of benzene rings is 2. The van der Waals surface area contributed by atoms with Gasteiger partial charge in [-0.05, 0) is 62.5 Å². The van der Waals surface area contributed by atoms with Crippen molar-refractivity contribution in [2.75, 3.05) is 63.2 Å². The van der Waals surface area contributed by atoms with Crippen molar-refractivity contribution in [3.8, 4) is 11.5 Å². The van der Waals surface area contributed by atoms with Crippen LogP contribution in [0.1, 0.15) is 6.92 Å². The Morgan fingerprint density at radius 1 is 0.931 bits per heavy atom. The van der Waals surface area contributed by atoms with Crippen LogP contribution in [0.4, 0.5) is 16.2 Å². The monoisotopic (exact) mass is 398 g/mol. The van der Waals surface area contributed by atoms with E-state index in [2.05, 4.69) is 39.6 Å². The molecule has 29 heavy (non-hydrogen) atoms. The van der Waals surface area contributed by atoms with Crippen LogP contribution in [0.5, 0.6) is 11.5 Å². The highest BCUT2D eigenvalue weighted by molar-refractivity contribution is 5.89. The molecule has 1 fully saturated rings. The summed E-state index contributed by atoms with van der Waals surface area (Å²) in [6.45, 7) is 7.58. The van der Waals surface area contributed by atoms with Crippen LogP contribution in [0, 0.1) is 0 Å². The van der Waals surface area contributed by atoms with Crippen molar-refractivity contribution in [2.24, 2.45) is 0 Å². The third-order valence-corrected chi connectivity index (χ3v) is 4.78. The molecule has 2 aromatic rings. The summed E-state index contributed by atoms with van der Waals surface area (Å²) in [6.07, 6.45) is 0. The molecule has 2 N–H and O–H groups in total. The van der Waals surface area contributed by atoms with E-state index in [1.807, 2.05) is 43.3 Å². The van der Waals surface area contributed by atoms with Gasteiger partial charge in [-0.15, -0.1) is 0 Å². The topological polar surface area (TPSA) is 66.1 Å². The summed E-state index contributed by atoms with van der Waals surface area (Å²) >= 11 is 0. The largest absolute Gasteiger partial charge is 0.494 e. The first-order valence-corrected chi connectivity index (χ1v) is 10.1. The summed E-state index contributed by atoms with van der Waals surface area (Å²) in [5.74, 6) is 1.56. The molecule has 0 spiro atoms. The van der Waals surface area contributed by atoms with Gasteiger partial charge in [0, 0.05) is 37.6 Å². The lowest BCUT2D eigenvalue weighted by atomic mass is 10.2. The van der Waals surface area contributed by atoms with Gasteiger partial charge in [0.05, 0.1) is 13.2 Å². The van der Waals surface area contributed by atoms with E-state index in [0.29, 0.717) is 19.8 Å². The average Bonchev–Trinajstić information content (AvgIpc) is 2.74. The Morgan fingerprint density at radius 3 is 2.17 bits per heavy atom. The van der Waals surface area contributed by atoms with Gasteiger partial charge in [0.2, 0.25) is 0 Å². The first kappa shape index (κ1) is 20.8. The van der Waals surface area contributed by atoms with Crippen LogP contribution in [-0.2, 0) is 0 Å². The Balaban J connectivity index is 1.36. The number of likely N-dealkylation sites (N-methyl/N-ethyl adjacent to an activating group) is 1. The smallest absolute Gasteiger partial charge is 0.319 e. The van der Waals surface area contributed by atoms with Crippen LogP contribution >= 0.6 is 0 Å². The number of urea groups is 1. The number of carbonyl (C=O) groups excluding carboxylic acids is 1. The normalized spacial score (nSPS) is 14.3. The Labute approximate surface area is 172 Å². The lowest BCUT2D eigenvalue weighted by molar-refractivity contribution is 0.247. The van der Waals surface area contributed by atoms with E-state index < -0.39 is 0 Å². The highest BCUT2D eigenvalue weighted by Gasteiger charge is 2.14. The fourth-order valence-corrected chi connectivity index (χ4v) is 3.13. The molecule has 1 aliphatic rings. The highest BCUT2D eigenvalue weighted by atomic mass is 16.5. The zero-order valence-corrected chi connectivity index (χ0v) is 17.2. The zero-order chi connectivity index (χ0) is 20.5. The SMILES string of the molecule is CCOc1ccc(OCCNC(=O)Nc2ccc(N3CCN(C)CC3)cc2)cc1. The van der Waals surface area contributed by atoms with Gasteiger partial charge in [-0.2, -0.15) is 0 Å². The zero-order valence-electron chi connectivity index (χ0n) is 17.2. The number of amides is 2. The first-order valence-electron chi connectivity index (χ1n) is 10.1. The average molecular weight is 399 g/mol. The first-order chi connectivity index (χ1) is 14.1. The predicted octanol–water partition coefficient (Wildman–Crippen LogP) is 3.04. The third-order valence-electron chi connectivity index (χ3n) is 4.78. The van der Waals surface area contributed by atoms with Crippen molar-refractivity contribution >= 4 is 17.4 Å². The molecule has 0 aromatic heterocycles. The Morgan fingerprint density at radius 2 is 1.55 bits per heavy atom. The summed E-state index contributed by atoms with van der Waals surface area (Å²) < 4.78 is 11.0. The number of nitrogens with one attached hydrogen (secondary N) is 2. The molecule has 1 saturated heterocycles. The number of piperazine rings is 1. The van der Waals surface area contributed by atoms with Crippen LogP contribution in [0.2, 0.25) is 0 Å². The molecule has 0 bridgehead atoms. The summed E-state index contributed by atoms with van der Waals surface area (Å²) in [6, 6.07) is 15.2. The van der Waals surface area contributed by atoms with E-state index in [-0.39, 0.29) is 6.03 Å². The molecule has 7 nitrogen and oxygen atoms in total. The lowest BCUT2D eigenvalue weighted by Gasteiger charge is -2.34. The number of carbonyl (C=O) groups is 1. The Hall–Kier alpha value is -2.93. The standard InChI is InChI=1S/C22H30N4O3/c1-3-28-20-8-10-21(11-9-20)29-17-12-23-22(27)24-18-4-6-19(7-5-18)26-15-13-25(2)14-16-26/h4-11H,3,12-17H2,1-2H3,(H2,23,24,27). The number of hydrogen-bond acceptors (Lipinski definition) is 5. The summed E-state index contributed by atoms with van der Waals surface area (Å²) in [4.78, 5) is 16.7. The number of nitrogens with zero attached hydrogens (tertiary/aromatic N) is 2. The molecule has 2 amide bonds. The minimum Gasteiger partial charge on any atom is -0.494 e. The van der Waals surface area contributed by atoms with Crippen LogP contribution < -0.4 is 25.0 Å². The quantitative estimate of drug-likeness (QED) is 0.669. The van der Waals surface area contributed by atoms with Crippen LogP contribution in [-0.4, -0.2) is 63.9 Å². The summed E-state index contributed by atoms with van der Waals surface area (Å²) in [5, 5.41) is 5.65. The number of rotatable bonds is 8. The van der Waals surface area contributed by atoms with Gasteiger partial charge in [0.15, 0.2) is 0 Å². The van der Waals surface area contributed by atoms with Gasteiger partial charge in [0.1, 0.15) is 18.1 Å². The molecule has 7 heteroatoms. The second kappa shape index (κ2) is 10.6. The van der Waals surface area contributed by atoms with E-state index in [0.717, 1.165) is 43.4 Å². The van der Waals surface area contributed by atoms with Gasteiger partial charge in [-0.3, -0.25) is 0 Å². The van der Waals surface area contributed by atoms with E-state index >= 15 is 0 Å². The molecule has 1 heterocycles. The van der Waals surface area contributed by atoms with Crippen LogP contribution in [0.3, 0.4) is 0 Å². The molecule has 0 unspecified atom stereocenters. The van der Waals surface area contributed by atoms with Crippen molar-refractivity contribution < 1.29 is 14.3 Å². The van der Waals surface area contributed by atoms with Gasteiger partial charge in [0.25, 0.3) is 0 Å². The Kier molecular flexibility index (Phi) is 7.58. The summed E-state index contributed by atoms with van der Waals surface area (Å²) in [7, 11) is 2.14. The fraction of sp³-hybridized carbons (Fsp3) is 0.409. The molecule has 0 atom stereocenters. The predicted molar refractivity (Wildman–Crippen MR) is 116 cm³/mol. The summed E-state index contributed by atoms with van der Waals surface area (Å²) in [5.41, 5.74) is 1.96. The van der Waals surface area contributed by atoms with Gasteiger partial charge in [-0.1, -0.05) is 0 Å². The van der Waals surface area contributed by atoms with Crippen LogP contribution in [0.25, 0.3) is 0 Å². The second-order valence-corrected chi connectivity index (χ2v) is 6.97. The maximum atomic E-state index is 12.1. The molecule has 1 aliphatic heterocycles. The minimum atomic E-state index is -0.243. The minimum absolute atomic E-state index is 0.243. The lowest BCUT2D eigenvalue weighted by Crippen LogP contribution is -2.44. The maximum Gasteiger partial charge on any atom is 0.319 e. The molecule has 3 rings (SSSR count). The number of ether oxygens (including phenoxy) is 2. The van der Waals surface area contributed by atoms with Crippen molar-refractivity contribution in [1.29, 1.82) is 0 Å². The number of hydrogen-bond donors (Lipinski definition) is 2. The Bertz CT molecular complexity index is 757. The second-order valence-electron chi connectivity index (χ2n) is 6.97. The van der Waals surface area contributed by atoms with Gasteiger partial charge >= 0.3 is 6.03 Å². The molecular weight excluding hydrogens is 368 g/mol. The third kappa shape index (κ3) is 6.57. The van der Waals surface area contributed by atoms with E-state index in [1.165, 1.54) is 5.69 Å². The number of anilines is 2. The van der Waals surface area contributed by atoms with E-state index in [9.17, 15) is 4.79 Å². The van der Waals surface area contributed by atoms with Gasteiger partial charge in [-0.25, -0.2) is 4.79 Å². The molecule has 0 aliphatic carbocycles. The maximum absolute atomic E-state index is 12.1. The van der Waals surface area contributed by atoms with Gasteiger partial charge < -0.3 is 29.9 Å². The van der Waals surface area contributed by atoms with E-state index in [4.69, 9.17) is 9.47 Å². The molecule has 2 aromatic carbocycles. The molecular formula is C22H30N4O3.